The predicted molar refractivity (Wildman–Crippen MR) is 138 cm³/mol. The maximum absolute atomic E-state index is 13.1. The molecule has 1 aromatic heterocycles. The van der Waals surface area contributed by atoms with Crippen molar-refractivity contribution in [2.75, 3.05) is 51.0 Å². The van der Waals surface area contributed by atoms with Crippen LogP contribution in [0.2, 0.25) is 0 Å². The molecule has 0 bridgehead atoms. The molecule has 8 nitrogen and oxygen atoms in total. The van der Waals surface area contributed by atoms with Gasteiger partial charge < -0.3 is 24.0 Å². The highest BCUT2D eigenvalue weighted by atomic mass is 16.7. The van der Waals surface area contributed by atoms with Gasteiger partial charge in [0, 0.05) is 57.2 Å². The Morgan fingerprint density at radius 3 is 2.61 bits per heavy atom. The summed E-state index contributed by atoms with van der Waals surface area (Å²) in [6.07, 6.45) is 1.71. The highest BCUT2D eigenvalue weighted by molar-refractivity contribution is 5.81. The smallest absolute Gasteiger partial charge is 0.242 e. The Balaban J connectivity index is 1.14. The summed E-state index contributed by atoms with van der Waals surface area (Å²) in [7, 11) is 0. The number of hydrogen-bond acceptors (Lipinski definition) is 7. The molecule has 0 saturated carbocycles. The first-order valence-corrected chi connectivity index (χ1v) is 12.4. The van der Waals surface area contributed by atoms with E-state index in [9.17, 15) is 4.79 Å². The molecule has 1 fully saturated rings. The summed E-state index contributed by atoms with van der Waals surface area (Å²) in [5, 5.41) is 0. The number of carbonyl (C=O) groups excluding carboxylic acids is 1. The van der Waals surface area contributed by atoms with Crippen LogP contribution in [0.4, 0.5) is 5.69 Å². The minimum Gasteiger partial charge on any atom is -0.454 e. The van der Waals surface area contributed by atoms with Crippen LogP contribution in [0.1, 0.15) is 18.1 Å². The molecule has 36 heavy (non-hydrogen) atoms. The predicted octanol–water partition coefficient (Wildman–Crippen LogP) is 4.08. The Kier molecular flexibility index (Phi) is 7.23. The van der Waals surface area contributed by atoms with E-state index < -0.39 is 0 Å². The molecule has 3 aromatic rings. The van der Waals surface area contributed by atoms with Crippen molar-refractivity contribution >= 4 is 11.6 Å². The molecule has 188 valence electrons. The summed E-state index contributed by atoms with van der Waals surface area (Å²) >= 11 is 0. The van der Waals surface area contributed by atoms with Crippen molar-refractivity contribution in [3.8, 4) is 23.1 Å². The molecule has 0 unspecified atom stereocenters. The van der Waals surface area contributed by atoms with Gasteiger partial charge in [0.25, 0.3) is 0 Å². The zero-order valence-electron chi connectivity index (χ0n) is 20.9. The molecule has 0 atom stereocenters. The quantitative estimate of drug-likeness (QED) is 0.473. The van der Waals surface area contributed by atoms with E-state index in [2.05, 4.69) is 33.8 Å². The lowest BCUT2D eigenvalue weighted by Crippen LogP contribution is -2.51. The molecule has 0 aliphatic carbocycles. The van der Waals surface area contributed by atoms with Crippen molar-refractivity contribution in [2.24, 2.45) is 0 Å². The van der Waals surface area contributed by atoms with E-state index in [0.717, 1.165) is 67.8 Å². The Morgan fingerprint density at radius 2 is 1.86 bits per heavy atom. The Hall–Kier alpha value is -3.78. The molecule has 1 saturated heterocycles. The number of ether oxygens (including phenoxy) is 3. The van der Waals surface area contributed by atoms with Crippen LogP contribution in [0.15, 0.2) is 60.8 Å². The Morgan fingerprint density at radius 1 is 1.03 bits per heavy atom. The van der Waals surface area contributed by atoms with Gasteiger partial charge in [0.1, 0.15) is 5.75 Å². The summed E-state index contributed by atoms with van der Waals surface area (Å²) in [4.78, 5) is 23.8. The van der Waals surface area contributed by atoms with Crippen LogP contribution < -0.4 is 19.1 Å². The highest BCUT2D eigenvalue weighted by Crippen LogP contribution is 2.33. The van der Waals surface area contributed by atoms with Crippen molar-refractivity contribution in [3.05, 3.63) is 71.9 Å². The lowest BCUT2D eigenvalue weighted by atomic mass is 10.1. The van der Waals surface area contributed by atoms with Gasteiger partial charge in [-0.25, -0.2) is 4.98 Å². The monoisotopic (exact) mass is 488 g/mol. The number of fused-ring (bicyclic) bond motifs is 1. The molecule has 2 aliphatic rings. The standard InChI is InChI=1S/C28H32N4O4/c1-3-31(23-8-10-24(21(2)16-23)36-27-6-4-5-11-29-27)19-28(33)32-14-12-30(13-15-32)18-22-7-9-25-26(17-22)35-20-34-25/h4-11,16-17H,3,12-15,18-20H2,1-2H3. The molecule has 8 heteroatoms. The van der Waals surface area contributed by atoms with E-state index >= 15 is 0 Å². The maximum Gasteiger partial charge on any atom is 0.242 e. The number of amides is 1. The Bertz CT molecular complexity index is 1200. The fourth-order valence-corrected chi connectivity index (χ4v) is 4.57. The number of anilines is 1. The molecular weight excluding hydrogens is 456 g/mol. The summed E-state index contributed by atoms with van der Waals surface area (Å²) in [6, 6.07) is 17.7. The largest absolute Gasteiger partial charge is 0.454 e. The molecule has 0 N–H and O–H groups in total. The van der Waals surface area contributed by atoms with Crippen molar-refractivity contribution < 1.29 is 19.0 Å². The fourth-order valence-electron chi connectivity index (χ4n) is 4.57. The molecule has 3 heterocycles. The average molecular weight is 489 g/mol. The highest BCUT2D eigenvalue weighted by Gasteiger charge is 2.23. The maximum atomic E-state index is 13.1. The average Bonchev–Trinajstić information content (AvgIpc) is 3.37. The van der Waals surface area contributed by atoms with Crippen LogP contribution >= 0.6 is 0 Å². The van der Waals surface area contributed by atoms with Crippen LogP contribution in [0.5, 0.6) is 23.1 Å². The van der Waals surface area contributed by atoms with Gasteiger partial charge in [0.05, 0.1) is 6.54 Å². The van der Waals surface area contributed by atoms with Gasteiger partial charge in [-0.3, -0.25) is 9.69 Å². The third-order valence-corrected chi connectivity index (χ3v) is 6.65. The van der Waals surface area contributed by atoms with Crippen LogP contribution in [-0.4, -0.2) is 66.8 Å². The van der Waals surface area contributed by atoms with E-state index in [4.69, 9.17) is 14.2 Å². The summed E-state index contributed by atoms with van der Waals surface area (Å²) < 4.78 is 16.8. The Labute approximate surface area is 212 Å². The molecule has 2 aliphatic heterocycles. The molecule has 5 rings (SSSR count). The minimum atomic E-state index is 0.158. The number of piperazine rings is 1. The lowest BCUT2D eigenvalue weighted by molar-refractivity contribution is -0.131. The minimum absolute atomic E-state index is 0.158. The van der Waals surface area contributed by atoms with Crippen LogP contribution in [0.3, 0.4) is 0 Å². The number of nitrogens with zero attached hydrogens (tertiary/aromatic N) is 4. The van der Waals surface area contributed by atoms with E-state index in [1.807, 2.05) is 54.3 Å². The summed E-state index contributed by atoms with van der Waals surface area (Å²) in [5.41, 5.74) is 3.21. The third kappa shape index (κ3) is 5.54. The van der Waals surface area contributed by atoms with Gasteiger partial charge in [-0.1, -0.05) is 12.1 Å². The second-order valence-corrected chi connectivity index (χ2v) is 9.08. The third-order valence-electron chi connectivity index (χ3n) is 6.65. The first-order valence-electron chi connectivity index (χ1n) is 12.4. The molecular formula is C28H32N4O4. The number of carbonyl (C=O) groups is 1. The zero-order valence-corrected chi connectivity index (χ0v) is 20.9. The lowest BCUT2D eigenvalue weighted by Gasteiger charge is -2.36. The summed E-state index contributed by atoms with van der Waals surface area (Å²) in [6.45, 7) is 9.49. The molecule has 0 radical (unpaired) electrons. The van der Waals surface area contributed by atoms with Crippen LogP contribution in [-0.2, 0) is 11.3 Å². The van der Waals surface area contributed by atoms with Gasteiger partial charge in [-0.2, -0.15) is 0 Å². The van der Waals surface area contributed by atoms with Crippen LogP contribution in [0.25, 0.3) is 0 Å². The number of aryl methyl sites for hydroxylation is 1. The normalized spacial score (nSPS) is 15.1. The van der Waals surface area contributed by atoms with E-state index in [0.29, 0.717) is 12.4 Å². The molecule has 0 spiro atoms. The number of pyridine rings is 1. The first kappa shape index (κ1) is 23.9. The van der Waals surface area contributed by atoms with Gasteiger partial charge in [-0.15, -0.1) is 0 Å². The van der Waals surface area contributed by atoms with E-state index in [1.165, 1.54) is 5.56 Å². The summed E-state index contributed by atoms with van der Waals surface area (Å²) in [5.74, 6) is 3.10. The fraction of sp³-hybridized carbons (Fsp3) is 0.357. The first-order chi connectivity index (χ1) is 17.6. The molecule has 2 aromatic carbocycles. The number of rotatable bonds is 8. The van der Waals surface area contributed by atoms with Gasteiger partial charge in [0.15, 0.2) is 11.5 Å². The molecule has 1 amide bonds. The number of aromatic nitrogens is 1. The van der Waals surface area contributed by atoms with E-state index in [1.54, 1.807) is 6.20 Å². The van der Waals surface area contributed by atoms with Crippen molar-refractivity contribution in [2.45, 2.75) is 20.4 Å². The zero-order chi connectivity index (χ0) is 24.9. The van der Waals surface area contributed by atoms with Crippen LogP contribution in [0, 0.1) is 6.92 Å². The van der Waals surface area contributed by atoms with Crippen molar-refractivity contribution in [1.29, 1.82) is 0 Å². The number of likely N-dealkylation sites (N-methyl/N-ethyl adjacent to an activating group) is 1. The van der Waals surface area contributed by atoms with Crippen molar-refractivity contribution in [1.82, 2.24) is 14.8 Å². The number of hydrogen-bond donors (Lipinski definition) is 0. The van der Waals surface area contributed by atoms with Gasteiger partial charge in [0.2, 0.25) is 18.6 Å². The second kappa shape index (κ2) is 10.9. The number of benzene rings is 2. The van der Waals surface area contributed by atoms with Gasteiger partial charge >= 0.3 is 0 Å². The second-order valence-electron chi connectivity index (χ2n) is 9.08. The van der Waals surface area contributed by atoms with Gasteiger partial charge in [-0.05, 0) is 61.4 Å². The van der Waals surface area contributed by atoms with E-state index in [-0.39, 0.29) is 12.7 Å². The topological polar surface area (TPSA) is 67.4 Å². The van der Waals surface area contributed by atoms with Crippen molar-refractivity contribution in [3.63, 3.8) is 0 Å². The SMILES string of the molecule is CCN(CC(=O)N1CCN(Cc2ccc3c(c2)OCO3)CC1)c1ccc(Oc2ccccn2)c(C)c1.